The lowest BCUT2D eigenvalue weighted by Gasteiger charge is -2.17. The minimum Gasteiger partial charge on any atom is -0.324 e. The van der Waals surface area contributed by atoms with Crippen LogP contribution < -0.4 is 5.73 Å². The summed E-state index contributed by atoms with van der Waals surface area (Å²) in [5.74, 6) is 0.588. The molecule has 2 atom stereocenters. The fourth-order valence-corrected chi connectivity index (χ4v) is 5.35. The fourth-order valence-electron chi connectivity index (χ4n) is 1.89. The van der Waals surface area contributed by atoms with Gasteiger partial charge in [-0.05, 0) is 39.2 Å². The highest BCUT2D eigenvalue weighted by molar-refractivity contribution is 9.10. The van der Waals surface area contributed by atoms with Crippen molar-refractivity contribution in [1.82, 2.24) is 0 Å². The molecule has 84 valence electrons. The number of thiophene rings is 1. The number of hydrogen-bond acceptors (Lipinski definition) is 4. The molecular formula is C9H12BrNO2S2. The van der Waals surface area contributed by atoms with E-state index in [2.05, 4.69) is 15.9 Å². The topological polar surface area (TPSA) is 60.2 Å². The van der Waals surface area contributed by atoms with Gasteiger partial charge in [0.05, 0.1) is 11.5 Å². The van der Waals surface area contributed by atoms with Crippen molar-refractivity contribution in [2.75, 3.05) is 11.5 Å². The second kappa shape index (κ2) is 4.16. The largest absolute Gasteiger partial charge is 0.324 e. The van der Waals surface area contributed by atoms with Crippen LogP contribution in [0.4, 0.5) is 0 Å². The summed E-state index contributed by atoms with van der Waals surface area (Å²) in [5, 5.41) is 3.96. The van der Waals surface area contributed by atoms with Crippen molar-refractivity contribution in [3.8, 4) is 0 Å². The summed E-state index contributed by atoms with van der Waals surface area (Å²) in [6.45, 7) is 0. The van der Waals surface area contributed by atoms with Gasteiger partial charge in [-0.2, -0.15) is 11.3 Å². The minimum absolute atomic E-state index is 0.0703. The van der Waals surface area contributed by atoms with Crippen LogP contribution in [0.25, 0.3) is 0 Å². The van der Waals surface area contributed by atoms with Crippen molar-refractivity contribution in [1.29, 1.82) is 0 Å². The predicted octanol–water partition coefficient (Wildman–Crippen LogP) is 1.95. The van der Waals surface area contributed by atoms with Gasteiger partial charge in [-0.15, -0.1) is 0 Å². The lowest BCUT2D eigenvalue weighted by Crippen LogP contribution is -2.22. The first-order valence-electron chi connectivity index (χ1n) is 4.67. The Labute approximate surface area is 102 Å². The van der Waals surface area contributed by atoms with Gasteiger partial charge in [-0.3, -0.25) is 0 Å². The molecule has 1 fully saturated rings. The third-order valence-corrected chi connectivity index (χ3v) is 6.32. The molecular weight excluding hydrogens is 298 g/mol. The molecule has 3 nitrogen and oxygen atoms in total. The zero-order valence-electron chi connectivity index (χ0n) is 8.02. The quantitative estimate of drug-likeness (QED) is 0.908. The Hall–Kier alpha value is 0.0900. The van der Waals surface area contributed by atoms with Gasteiger partial charge >= 0.3 is 0 Å². The first-order chi connectivity index (χ1) is 6.99. The SMILES string of the molecule is NC(c1cscc1Br)C1CCS(=O)(=O)C1. The smallest absolute Gasteiger partial charge is 0.150 e. The normalized spacial score (nSPS) is 26.7. The Balaban J connectivity index is 2.17. The molecule has 1 aliphatic rings. The molecule has 0 amide bonds. The Kier molecular flexibility index (Phi) is 3.21. The summed E-state index contributed by atoms with van der Waals surface area (Å²) in [6.07, 6.45) is 0.686. The number of nitrogens with two attached hydrogens (primary N) is 1. The van der Waals surface area contributed by atoms with Crippen LogP contribution in [-0.2, 0) is 9.84 Å². The van der Waals surface area contributed by atoms with Crippen molar-refractivity contribution in [2.45, 2.75) is 12.5 Å². The Morgan fingerprint density at radius 3 is 2.73 bits per heavy atom. The molecule has 2 heterocycles. The van der Waals surface area contributed by atoms with E-state index in [0.29, 0.717) is 6.42 Å². The van der Waals surface area contributed by atoms with Crippen LogP contribution in [0.5, 0.6) is 0 Å². The average molecular weight is 310 g/mol. The molecule has 2 rings (SSSR count). The second-order valence-electron chi connectivity index (χ2n) is 3.86. The summed E-state index contributed by atoms with van der Waals surface area (Å²) >= 11 is 5.00. The first-order valence-corrected chi connectivity index (χ1v) is 8.23. The Morgan fingerprint density at radius 2 is 2.27 bits per heavy atom. The van der Waals surface area contributed by atoms with E-state index in [0.717, 1.165) is 10.0 Å². The highest BCUT2D eigenvalue weighted by Crippen LogP contribution is 2.34. The van der Waals surface area contributed by atoms with Gasteiger partial charge in [-0.1, -0.05) is 0 Å². The molecule has 1 aliphatic heterocycles. The van der Waals surface area contributed by atoms with Gasteiger partial charge in [0.1, 0.15) is 0 Å². The van der Waals surface area contributed by atoms with Crippen LogP contribution in [0.1, 0.15) is 18.0 Å². The van der Waals surface area contributed by atoms with Crippen molar-refractivity contribution in [3.63, 3.8) is 0 Å². The monoisotopic (exact) mass is 309 g/mol. The number of sulfone groups is 1. The summed E-state index contributed by atoms with van der Waals surface area (Å²) in [6, 6.07) is -0.164. The highest BCUT2D eigenvalue weighted by Gasteiger charge is 2.33. The highest BCUT2D eigenvalue weighted by atomic mass is 79.9. The van der Waals surface area contributed by atoms with E-state index in [1.165, 1.54) is 0 Å². The van der Waals surface area contributed by atoms with Gasteiger partial charge in [-0.25, -0.2) is 8.42 Å². The maximum atomic E-state index is 11.3. The third-order valence-electron chi connectivity index (χ3n) is 2.78. The van der Waals surface area contributed by atoms with Crippen molar-refractivity contribution < 1.29 is 8.42 Å². The summed E-state index contributed by atoms with van der Waals surface area (Å²) < 4.78 is 23.7. The molecule has 0 bridgehead atoms. The van der Waals surface area contributed by atoms with E-state index >= 15 is 0 Å². The molecule has 0 saturated carbocycles. The van der Waals surface area contributed by atoms with Crippen LogP contribution in [0, 0.1) is 5.92 Å². The predicted molar refractivity (Wildman–Crippen MR) is 65.7 cm³/mol. The zero-order valence-corrected chi connectivity index (χ0v) is 11.2. The van der Waals surface area contributed by atoms with Crippen molar-refractivity contribution >= 4 is 37.1 Å². The van der Waals surface area contributed by atoms with E-state index in [1.807, 2.05) is 10.8 Å². The van der Waals surface area contributed by atoms with Gasteiger partial charge in [0.25, 0.3) is 0 Å². The second-order valence-corrected chi connectivity index (χ2v) is 7.69. The average Bonchev–Trinajstić information content (AvgIpc) is 2.71. The van der Waals surface area contributed by atoms with Crippen LogP contribution in [0.15, 0.2) is 15.2 Å². The van der Waals surface area contributed by atoms with Crippen LogP contribution in [0.2, 0.25) is 0 Å². The van der Waals surface area contributed by atoms with Gasteiger partial charge in [0.15, 0.2) is 9.84 Å². The van der Waals surface area contributed by atoms with E-state index in [4.69, 9.17) is 5.73 Å². The number of halogens is 1. The minimum atomic E-state index is -2.84. The molecule has 0 aliphatic carbocycles. The maximum Gasteiger partial charge on any atom is 0.150 e. The molecule has 6 heteroatoms. The molecule has 0 spiro atoms. The van der Waals surface area contributed by atoms with E-state index in [-0.39, 0.29) is 23.5 Å². The number of hydrogen-bond donors (Lipinski definition) is 1. The van der Waals surface area contributed by atoms with Gasteiger partial charge in [0, 0.05) is 15.9 Å². The number of rotatable bonds is 2. The Morgan fingerprint density at radius 1 is 1.53 bits per heavy atom. The van der Waals surface area contributed by atoms with Crippen molar-refractivity contribution in [3.05, 3.63) is 20.8 Å². The molecule has 2 N–H and O–H groups in total. The van der Waals surface area contributed by atoms with Gasteiger partial charge < -0.3 is 5.73 Å². The lowest BCUT2D eigenvalue weighted by atomic mass is 9.95. The summed E-state index contributed by atoms with van der Waals surface area (Å²) in [4.78, 5) is 0. The van der Waals surface area contributed by atoms with Crippen LogP contribution in [0.3, 0.4) is 0 Å². The maximum absolute atomic E-state index is 11.3. The molecule has 1 aromatic rings. The third kappa shape index (κ3) is 2.43. The molecule has 1 saturated heterocycles. The standard InChI is InChI=1S/C9H12BrNO2S2/c10-8-4-14-3-7(8)9(11)6-1-2-15(12,13)5-6/h3-4,6,9H,1-2,5,11H2. The van der Waals surface area contributed by atoms with Crippen LogP contribution >= 0.6 is 27.3 Å². The molecule has 0 aromatic carbocycles. The molecule has 2 unspecified atom stereocenters. The summed E-state index contributed by atoms with van der Waals surface area (Å²) in [5.41, 5.74) is 7.11. The first kappa shape index (κ1) is 11.6. The molecule has 0 radical (unpaired) electrons. The fraction of sp³-hybridized carbons (Fsp3) is 0.556. The van der Waals surface area contributed by atoms with E-state index < -0.39 is 9.84 Å². The molecule has 15 heavy (non-hydrogen) atoms. The van der Waals surface area contributed by atoms with Crippen molar-refractivity contribution in [2.24, 2.45) is 11.7 Å². The zero-order chi connectivity index (χ0) is 11.1. The van der Waals surface area contributed by atoms with Gasteiger partial charge in [0.2, 0.25) is 0 Å². The Bertz CT molecular complexity index is 454. The lowest BCUT2D eigenvalue weighted by molar-refractivity contribution is 0.480. The summed E-state index contributed by atoms with van der Waals surface area (Å²) in [7, 11) is -2.84. The molecule has 1 aromatic heterocycles. The van der Waals surface area contributed by atoms with E-state index in [1.54, 1.807) is 11.3 Å². The van der Waals surface area contributed by atoms with Crippen LogP contribution in [-0.4, -0.2) is 19.9 Å². The van der Waals surface area contributed by atoms with E-state index in [9.17, 15) is 8.42 Å².